The highest BCUT2D eigenvalue weighted by atomic mass is 79.9. The van der Waals surface area contributed by atoms with E-state index in [0.29, 0.717) is 6.61 Å². The number of ether oxygens (including phenoxy) is 1. The molecule has 0 amide bonds. The Morgan fingerprint density at radius 2 is 1.72 bits per heavy atom. The Bertz CT molecular complexity index is 274. The maximum Gasteiger partial charge on any atom is 0.0795 e. The minimum atomic E-state index is 0.669. The molecule has 0 fully saturated rings. The predicted molar refractivity (Wildman–Crippen MR) is 79.9 cm³/mol. The Hall–Kier alpha value is -0.520. The second kappa shape index (κ2) is 11.6. The number of hydrogen-bond donors (Lipinski definition) is 0. The Balaban J connectivity index is 1.82. The SMILES string of the molecule is BrCCCCCCCCCOCc1c#cccc1. The third-order valence-electron chi connectivity index (χ3n) is 2.89. The minimum Gasteiger partial charge on any atom is -0.376 e. The zero-order chi connectivity index (χ0) is 12.9. The predicted octanol–water partition coefficient (Wildman–Crippen LogP) is 4.93. The second-order valence-electron chi connectivity index (χ2n) is 4.54. The summed E-state index contributed by atoms with van der Waals surface area (Å²) in [5, 5.41) is 1.15. The summed E-state index contributed by atoms with van der Waals surface area (Å²) in [4.78, 5) is 0. The first kappa shape index (κ1) is 15.5. The van der Waals surface area contributed by atoms with Gasteiger partial charge in [0.15, 0.2) is 0 Å². The van der Waals surface area contributed by atoms with Crippen molar-refractivity contribution < 1.29 is 4.74 Å². The van der Waals surface area contributed by atoms with Gasteiger partial charge in [-0.1, -0.05) is 66.2 Å². The van der Waals surface area contributed by atoms with E-state index in [1.165, 1.54) is 44.9 Å². The molecule has 0 bridgehead atoms. The fourth-order valence-corrected chi connectivity index (χ4v) is 2.23. The summed E-state index contributed by atoms with van der Waals surface area (Å²) in [6.07, 6.45) is 9.23. The maximum absolute atomic E-state index is 5.61. The van der Waals surface area contributed by atoms with Gasteiger partial charge in [-0.25, -0.2) is 0 Å². The van der Waals surface area contributed by atoms with Crippen LogP contribution in [0.25, 0.3) is 0 Å². The van der Waals surface area contributed by atoms with Gasteiger partial charge in [0, 0.05) is 17.5 Å². The fraction of sp³-hybridized carbons (Fsp3) is 0.625. The molecule has 0 aromatic heterocycles. The molecule has 0 N–H and O–H groups in total. The van der Waals surface area contributed by atoms with E-state index in [0.717, 1.165) is 17.5 Å². The van der Waals surface area contributed by atoms with E-state index in [4.69, 9.17) is 4.74 Å². The lowest BCUT2D eigenvalue weighted by atomic mass is 10.1. The quantitative estimate of drug-likeness (QED) is 0.416. The first-order valence-corrected chi connectivity index (χ1v) is 8.06. The van der Waals surface area contributed by atoms with Gasteiger partial charge in [0.2, 0.25) is 0 Å². The molecule has 0 aliphatic heterocycles. The highest BCUT2D eigenvalue weighted by Gasteiger charge is 1.93. The van der Waals surface area contributed by atoms with Gasteiger partial charge < -0.3 is 4.74 Å². The molecule has 0 radical (unpaired) electrons. The van der Waals surface area contributed by atoms with Crippen molar-refractivity contribution in [1.82, 2.24) is 0 Å². The lowest BCUT2D eigenvalue weighted by molar-refractivity contribution is 0.116. The average Bonchev–Trinajstić information content (AvgIpc) is 2.42. The van der Waals surface area contributed by atoms with Crippen LogP contribution in [-0.2, 0) is 11.3 Å². The van der Waals surface area contributed by atoms with Crippen molar-refractivity contribution in [3.8, 4) is 0 Å². The van der Waals surface area contributed by atoms with Gasteiger partial charge in [-0.05, 0) is 25.0 Å². The average molecular weight is 311 g/mol. The van der Waals surface area contributed by atoms with Crippen LogP contribution in [0.2, 0.25) is 0 Å². The Morgan fingerprint density at radius 3 is 2.39 bits per heavy atom. The molecular formula is C16H23BrO. The molecule has 0 aliphatic rings. The van der Waals surface area contributed by atoms with Gasteiger partial charge in [0.1, 0.15) is 0 Å². The van der Waals surface area contributed by atoms with Crippen LogP contribution in [-0.4, -0.2) is 11.9 Å². The van der Waals surface area contributed by atoms with Gasteiger partial charge in [-0.2, -0.15) is 0 Å². The first-order chi connectivity index (χ1) is 8.93. The van der Waals surface area contributed by atoms with Crippen LogP contribution < -0.4 is 0 Å². The molecule has 0 spiro atoms. The molecule has 18 heavy (non-hydrogen) atoms. The van der Waals surface area contributed by atoms with Crippen LogP contribution in [0.3, 0.4) is 0 Å². The molecule has 0 heterocycles. The van der Waals surface area contributed by atoms with E-state index in [9.17, 15) is 0 Å². The normalized spacial score (nSPS) is 10.3. The molecule has 1 aromatic carbocycles. The van der Waals surface area contributed by atoms with Crippen molar-refractivity contribution in [2.24, 2.45) is 0 Å². The monoisotopic (exact) mass is 310 g/mol. The Kier molecular flexibility index (Phi) is 9.98. The van der Waals surface area contributed by atoms with Crippen molar-refractivity contribution in [1.29, 1.82) is 0 Å². The van der Waals surface area contributed by atoms with Gasteiger partial charge >= 0.3 is 0 Å². The number of hydrogen-bond acceptors (Lipinski definition) is 1. The van der Waals surface area contributed by atoms with Crippen molar-refractivity contribution >= 4 is 15.9 Å². The number of halogens is 1. The smallest absolute Gasteiger partial charge is 0.0795 e. The molecule has 0 saturated carbocycles. The lowest BCUT2D eigenvalue weighted by Gasteiger charge is -2.03. The van der Waals surface area contributed by atoms with Crippen LogP contribution in [0.15, 0.2) is 18.2 Å². The van der Waals surface area contributed by atoms with E-state index >= 15 is 0 Å². The van der Waals surface area contributed by atoms with E-state index < -0.39 is 0 Å². The van der Waals surface area contributed by atoms with E-state index in [1.807, 2.05) is 18.2 Å². The number of rotatable bonds is 11. The highest BCUT2D eigenvalue weighted by molar-refractivity contribution is 9.09. The molecule has 1 aromatic rings. The largest absolute Gasteiger partial charge is 0.376 e. The summed E-state index contributed by atoms with van der Waals surface area (Å²) < 4.78 is 5.61. The molecule has 2 heteroatoms. The van der Waals surface area contributed by atoms with Crippen LogP contribution in [0.4, 0.5) is 0 Å². The van der Waals surface area contributed by atoms with Crippen LogP contribution >= 0.6 is 15.9 Å². The van der Waals surface area contributed by atoms with Gasteiger partial charge in [0.25, 0.3) is 0 Å². The molecule has 0 aliphatic carbocycles. The summed E-state index contributed by atoms with van der Waals surface area (Å²) in [5.74, 6) is 0. The highest BCUT2D eigenvalue weighted by Crippen LogP contribution is 2.08. The zero-order valence-corrected chi connectivity index (χ0v) is 12.7. The summed E-state index contributed by atoms with van der Waals surface area (Å²) in [6.45, 7) is 1.53. The van der Waals surface area contributed by atoms with Crippen molar-refractivity contribution in [3.05, 3.63) is 35.9 Å². The topological polar surface area (TPSA) is 9.23 Å². The van der Waals surface area contributed by atoms with E-state index in [1.54, 1.807) is 0 Å². The summed E-state index contributed by atoms with van der Waals surface area (Å²) in [7, 11) is 0. The molecule has 0 atom stereocenters. The molecule has 100 valence electrons. The third-order valence-corrected chi connectivity index (χ3v) is 3.45. The molecule has 1 rings (SSSR count). The summed E-state index contributed by atoms with van der Waals surface area (Å²) in [5.41, 5.74) is 1.09. The first-order valence-electron chi connectivity index (χ1n) is 6.94. The van der Waals surface area contributed by atoms with E-state index in [2.05, 4.69) is 28.1 Å². The minimum absolute atomic E-state index is 0.669. The second-order valence-corrected chi connectivity index (χ2v) is 5.33. The third kappa shape index (κ3) is 8.55. The van der Waals surface area contributed by atoms with Crippen LogP contribution in [0.1, 0.15) is 50.5 Å². The molecule has 1 nitrogen and oxygen atoms in total. The zero-order valence-electron chi connectivity index (χ0n) is 11.1. The van der Waals surface area contributed by atoms with E-state index in [-0.39, 0.29) is 0 Å². The van der Waals surface area contributed by atoms with Crippen molar-refractivity contribution in [3.63, 3.8) is 0 Å². The van der Waals surface area contributed by atoms with Crippen LogP contribution in [0, 0.1) is 12.1 Å². The van der Waals surface area contributed by atoms with Gasteiger partial charge in [0.05, 0.1) is 6.61 Å². The Morgan fingerprint density at radius 1 is 1.00 bits per heavy atom. The number of alkyl halides is 1. The fourth-order valence-electron chi connectivity index (χ4n) is 1.84. The van der Waals surface area contributed by atoms with Crippen LogP contribution in [0.5, 0.6) is 0 Å². The number of unbranched alkanes of at least 4 members (excludes halogenated alkanes) is 6. The Labute approximate surface area is 120 Å². The standard InChI is InChI=1S/C16H23BrO/c17-13-9-4-2-1-3-5-10-14-18-15-16-11-7-6-8-12-16/h6-7,11H,1-5,9-10,13-15H2. The summed E-state index contributed by atoms with van der Waals surface area (Å²) >= 11 is 3.46. The maximum atomic E-state index is 5.61. The molecular weight excluding hydrogens is 288 g/mol. The van der Waals surface area contributed by atoms with Gasteiger partial charge in [-0.15, -0.1) is 0 Å². The van der Waals surface area contributed by atoms with Crippen molar-refractivity contribution in [2.45, 2.75) is 51.6 Å². The van der Waals surface area contributed by atoms with Gasteiger partial charge in [-0.3, -0.25) is 0 Å². The summed E-state index contributed by atoms with van der Waals surface area (Å²) in [6, 6.07) is 11.8. The lowest BCUT2D eigenvalue weighted by Crippen LogP contribution is -1.95. The molecule has 0 saturated heterocycles. The van der Waals surface area contributed by atoms with Crippen molar-refractivity contribution in [2.75, 3.05) is 11.9 Å². The molecule has 0 unspecified atom stereocenters.